The van der Waals surface area contributed by atoms with Crippen LogP contribution in [-0.4, -0.2) is 18.9 Å². The average molecular weight is 189 g/mol. The fourth-order valence-corrected chi connectivity index (χ4v) is 1.26. The summed E-state index contributed by atoms with van der Waals surface area (Å²) in [6.07, 6.45) is 1.05. The van der Waals surface area contributed by atoms with Gasteiger partial charge in [-0.2, -0.15) is 0 Å². The summed E-state index contributed by atoms with van der Waals surface area (Å²) >= 11 is 0. The van der Waals surface area contributed by atoms with Gasteiger partial charge in [0.2, 0.25) is 0 Å². The van der Waals surface area contributed by atoms with Crippen LogP contribution in [0.5, 0.6) is 0 Å². The number of furan rings is 1. The Morgan fingerprint density at radius 3 is 2.50 bits per heavy atom. The first kappa shape index (κ1) is 11.3. The molecule has 0 saturated carbocycles. The average Bonchev–Trinajstić information content (AvgIpc) is 2.45. The van der Waals surface area contributed by atoms with Crippen molar-refractivity contribution in [2.45, 2.75) is 5.92 Å². The zero-order chi connectivity index (χ0) is 9.47. The van der Waals surface area contributed by atoms with E-state index in [2.05, 4.69) is 6.92 Å². The summed E-state index contributed by atoms with van der Waals surface area (Å²) in [5.41, 5.74) is 0.295. The summed E-state index contributed by atoms with van der Waals surface area (Å²) in [6.45, 7) is 2.77. The van der Waals surface area contributed by atoms with Crippen LogP contribution in [0.1, 0.15) is 5.56 Å². The van der Waals surface area contributed by atoms with Crippen molar-refractivity contribution < 1.29 is 13.2 Å². The Morgan fingerprint density at radius 2 is 1.86 bits per heavy atom. The van der Waals surface area contributed by atoms with Crippen LogP contribution < -0.4 is 0 Å². The van der Waals surface area contributed by atoms with E-state index in [1.165, 1.54) is 0 Å². The number of hydrogen-bond donors (Lipinski definition) is 0. The second-order valence-corrected chi connectivity index (χ2v) is 2.85. The summed E-state index contributed by atoms with van der Waals surface area (Å²) in [4.78, 5) is 0. The molecule has 0 aliphatic rings. The van der Waals surface area contributed by atoms with E-state index >= 15 is 0 Å². The van der Waals surface area contributed by atoms with Crippen molar-refractivity contribution in [3.63, 3.8) is 0 Å². The molecule has 1 radical (unpaired) electrons. The normalized spacial score (nSPS) is 11.4. The maximum atomic E-state index is 12.8. The number of halogens is 2. The maximum absolute atomic E-state index is 12.8. The molecule has 0 unspecified atom stereocenters. The molecule has 2 aromatic rings. The van der Waals surface area contributed by atoms with Crippen molar-refractivity contribution in [3.8, 4) is 0 Å². The fraction of sp³-hybridized carbons (Fsp3) is 0.100. The van der Waals surface area contributed by atoms with Crippen LogP contribution in [0.2, 0.25) is 0 Å². The van der Waals surface area contributed by atoms with Crippen molar-refractivity contribution in [3.05, 3.63) is 43.0 Å². The third kappa shape index (κ3) is 1.84. The zero-order valence-corrected chi connectivity index (χ0v) is 6.76. The second-order valence-electron chi connectivity index (χ2n) is 2.85. The molecule has 0 amide bonds. The van der Waals surface area contributed by atoms with E-state index in [9.17, 15) is 8.78 Å². The van der Waals surface area contributed by atoms with E-state index in [0.717, 1.165) is 6.26 Å². The second kappa shape index (κ2) is 3.76. The molecule has 0 saturated heterocycles. The minimum atomic E-state index is -3.09. The molecule has 1 nitrogen and oxygen atoms in total. The molecule has 0 spiro atoms. The summed E-state index contributed by atoms with van der Waals surface area (Å²) in [6, 6.07) is 6.65. The molecule has 4 heteroatoms. The van der Waals surface area contributed by atoms with Crippen LogP contribution in [0.25, 0.3) is 11.0 Å². The number of hydrogen-bond acceptors (Lipinski definition) is 1. The van der Waals surface area contributed by atoms with Crippen molar-refractivity contribution in [2.75, 3.05) is 0 Å². The van der Waals surface area contributed by atoms with Gasteiger partial charge in [-0.1, -0.05) is 18.2 Å². The van der Waals surface area contributed by atoms with Gasteiger partial charge in [0.25, 0.3) is 5.92 Å². The summed E-state index contributed by atoms with van der Waals surface area (Å²) in [5, 5.41) is 0.419. The molecule has 69 valence electrons. The first-order chi connectivity index (χ1) is 6.09. The van der Waals surface area contributed by atoms with Gasteiger partial charge < -0.3 is 4.42 Å². The summed E-state index contributed by atoms with van der Waals surface area (Å²) in [5.74, 6) is -3.09. The SMILES string of the molecule is [CH2]C(F)(F)c1coc2ccccc12.[LiH]. The first-order valence-electron chi connectivity index (χ1n) is 3.79. The predicted molar refractivity (Wildman–Crippen MR) is 52.6 cm³/mol. The molecular formula is C10H8F2LiO. The topological polar surface area (TPSA) is 13.1 Å². The molecule has 14 heavy (non-hydrogen) atoms. The van der Waals surface area contributed by atoms with Gasteiger partial charge in [-0.25, -0.2) is 8.78 Å². The monoisotopic (exact) mass is 189 g/mol. The predicted octanol–water partition coefficient (Wildman–Crippen LogP) is 2.71. The van der Waals surface area contributed by atoms with Crippen LogP contribution in [0, 0.1) is 6.92 Å². The number of alkyl halides is 2. The van der Waals surface area contributed by atoms with Crippen LogP contribution in [-0.2, 0) is 5.92 Å². The van der Waals surface area contributed by atoms with E-state index in [0.29, 0.717) is 11.0 Å². The van der Waals surface area contributed by atoms with Gasteiger partial charge in [0, 0.05) is 12.3 Å². The first-order valence-corrected chi connectivity index (χ1v) is 3.79. The molecular weight excluding hydrogens is 181 g/mol. The van der Waals surface area contributed by atoms with E-state index in [1.54, 1.807) is 24.3 Å². The van der Waals surface area contributed by atoms with E-state index in [1.807, 2.05) is 0 Å². The van der Waals surface area contributed by atoms with Gasteiger partial charge in [0.05, 0.1) is 5.56 Å². The Kier molecular flexibility index (Phi) is 3.03. The van der Waals surface area contributed by atoms with Gasteiger partial charge in [-0.05, 0) is 6.07 Å². The molecule has 0 atom stereocenters. The van der Waals surface area contributed by atoms with Crippen LogP contribution in [0.15, 0.2) is 34.9 Å². The standard InChI is InChI=1S/C10H7F2O.Li.H/c1-10(11,12)8-6-13-9-5-3-2-4-7(8)9;;/h2-6H,1H2;;. The third-order valence-corrected chi connectivity index (χ3v) is 1.88. The molecule has 0 aliphatic carbocycles. The molecule has 1 aromatic heterocycles. The summed E-state index contributed by atoms with van der Waals surface area (Å²) in [7, 11) is 0. The van der Waals surface area contributed by atoms with Gasteiger partial charge in [-0.15, -0.1) is 0 Å². The molecule has 0 N–H and O–H groups in total. The van der Waals surface area contributed by atoms with Gasteiger partial charge in [-0.3, -0.25) is 0 Å². The summed E-state index contributed by atoms with van der Waals surface area (Å²) < 4.78 is 30.6. The van der Waals surface area contributed by atoms with E-state index < -0.39 is 5.92 Å². The quantitative estimate of drug-likeness (QED) is 0.628. The van der Waals surface area contributed by atoms with E-state index in [-0.39, 0.29) is 24.4 Å². The molecule has 0 fully saturated rings. The molecule has 1 aromatic carbocycles. The third-order valence-electron chi connectivity index (χ3n) is 1.88. The Morgan fingerprint density at radius 1 is 1.21 bits per heavy atom. The van der Waals surface area contributed by atoms with Gasteiger partial charge in [0.15, 0.2) is 0 Å². The number of para-hydroxylation sites is 1. The van der Waals surface area contributed by atoms with E-state index in [4.69, 9.17) is 4.42 Å². The van der Waals surface area contributed by atoms with Crippen molar-refractivity contribution in [1.82, 2.24) is 0 Å². The van der Waals surface area contributed by atoms with Crippen molar-refractivity contribution >= 4 is 29.8 Å². The van der Waals surface area contributed by atoms with Crippen molar-refractivity contribution in [1.29, 1.82) is 0 Å². The molecule has 2 rings (SSSR count). The number of benzene rings is 1. The van der Waals surface area contributed by atoms with Gasteiger partial charge in [0.1, 0.15) is 11.8 Å². The van der Waals surface area contributed by atoms with Crippen LogP contribution in [0.4, 0.5) is 8.78 Å². The Balaban J connectivity index is 0.000000980. The minimum absolute atomic E-state index is 0. The Bertz CT molecular complexity index is 431. The van der Waals surface area contributed by atoms with Crippen LogP contribution in [0.3, 0.4) is 0 Å². The fourth-order valence-electron chi connectivity index (χ4n) is 1.26. The Hall–Kier alpha value is -0.783. The molecule has 0 aliphatic heterocycles. The number of rotatable bonds is 1. The van der Waals surface area contributed by atoms with Crippen LogP contribution >= 0.6 is 0 Å². The Labute approximate surface area is 92.3 Å². The van der Waals surface area contributed by atoms with Gasteiger partial charge >= 0.3 is 18.9 Å². The van der Waals surface area contributed by atoms with Crippen molar-refractivity contribution in [2.24, 2.45) is 0 Å². The number of fused-ring (bicyclic) bond motifs is 1. The molecule has 0 bridgehead atoms. The molecule has 1 heterocycles. The zero-order valence-electron chi connectivity index (χ0n) is 6.76.